The van der Waals surface area contributed by atoms with Crippen molar-refractivity contribution in [3.05, 3.63) is 4.91 Å². The molecule has 0 aromatic rings. The highest BCUT2D eigenvalue weighted by molar-refractivity contribution is 4.76. The van der Waals surface area contributed by atoms with Gasteiger partial charge in [0.25, 0.3) is 0 Å². The van der Waals surface area contributed by atoms with Gasteiger partial charge in [-0.3, -0.25) is 4.90 Å². The molecule has 0 amide bonds. The molecule has 0 bridgehead atoms. The fourth-order valence-electron chi connectivity index (χ4n) is 2.22. The van der Waals surface area contributed by atoms with E-state index < -0.39 is 0 Å². The Morgan fingerprint density at radius 3 is 2.50 bits per heavy atom. The summed E-state index contributed by atoms with van der Waals surface area (Å²) >= 11 is 0. The van der Waals surface area contributed by atoms with E-state index in [4.69, 9.17) is 5.11 Å². The number of aliphatic hydroxyl groups is 1. The standard InChI is InChI=1S/C10H20N2O2/c13-9-8-12(7-6-11-14)10-4-2-1-3-5-10/h10,13H,1-9H2. The van der Waals surface area contributed by atoms with Gasteiger partial charge in [0, 0.05) is 19.1 Å². The summed E-state index contributed by atoms with van der Waals surface area (Å²) in [6, 6.07) is 0.567. The molecule has 4 nitrogen and oxygen atoms in total. The third kappa shape index (κ3) is 3.72. The van der Waals surface area contributed by atoms with Crippen molar-refractivity contribution >= 4 is 0 Å². The first-order valence-corrected chi connectivity index (χ1v) is 5.52. The van der Waals surface area contributed by atoms with Gasteiger partial charge in [0.05, 0.1) is 13.2 Å². The van der Waals surface area contributed by atoms with E-state index in [1.54, 1.807) is 0 Å². The molecule has 1 saturated carbocycles. The molecule has 0 radical (unpaired) electrons. The van der Waals surface area contributed by atoms with Gasteiger partial charge in [0.2, 0.25) is 0 Å². The third-order valence-electron chi connectivity index (χ3n) is 2.96. The summed E-state index contributed by atoms with van der Waals surface area (Å²) in [5, 5.41) is 11.8. The van der Waals surface area contributed by atoms with Crippen LogP contribution in [0.1, 0.15) is 32.1 Å². The van der Waals surface area contributed by atoms with E-state index >= 15 is 0 Å². The quantitative estimate of drug-likeness (QED) is 0.659. The number of rotatable bonds is 6. The van der Waals surface area contributed by atoms with Crippen LogP contribution in [0.5, 0.6) is 0 Å². The molecule has 0 unspecified atom stereocenters. The number of hydrogen-bond acceptors (Lipinski definition) is 4. The van der Waals surface area contributed by atoms with Gasteiger partial charge in [-0.2, -0.15) is 4.91 Å². The minimum Gasteiger partial charge on any atom is -0.395 e. The molecule has 0 heterocycles. The van der Waals surface area contributed by atoms with Crippen LogP contribution in [0, 0.1) is 4.91 Å². The highest BCUT2D eigenvalue weighted by Gasteiger charge is 2.19. The Bertz CT molecular complexity index is 158. The van der Waals surface area contributed by atoms with Gasteiger partial charge in [-0.05, 0) is 12.8 Å². The number of aliphatic hydroxyl groups excluding tert-OH is 1. The van der Waals surface area contributed by atoms with E-state index in [-0.39, 0.29) is 6.61 Å². The SMILES string of the molecule is O=NCCN(CCO)C1CCCCC1. The Hall–Kier alpha value is -0.480. The van der Waals surface area contributed by atoms with Crippen LogP contribution >= 0.6 is 0 Å². The van der Waals surface area contributed by atoms with Gasteiger partial charge in [-0.25, -0.2) is 0 Å². The van der Waals surface area contributed by atoms with E-state index in [0.717, 1.165) is 0 Å². The van der Waals surface area contributed by atoms with Crippen LogP contribution in [-0.4, -0.2) is 42.3 Å². The Labute approximate surface area is 85.3 Å². The van der Waals surface area contributed by atoms with Crippen LogP contribution < -0.4 is 0 Å². The average molecular weight is 200 g/mol. The predicted octanol–water partition coefficient (Wildman–Crippen LogP) is 1.38. The summed E-state index contributed by atoms with van der Waals surface area (Å²) < 4.78 is 0. The molecule has 14 heavy (non-hydrogen) atoms. The second-order valence-corrected chi connectivity index (χ2v) is 3.90. The van der Waals surface area contributed by atoms with Crippen molar-refractivity contribution in [3.63, 3.8) is 0 Å². The molecule has 1 fully saturated rings. The zero-order valence-electron chi connectivity index (χ0n) is 8.69. The van der Waals surface area contributed by atoms with Crippen LogP contribution in [-0.2, 0) is 0 Å². The van der Waals surface area contributed by atoms with Crippen LogP contribution in [0.3, 0.4) is 0 Å². The zero-order valence-corrected chi connectivity index (χ0v) is 8.69. The topological polar surface area (TPSA) is 52.9 Å². The van der Waals surface area contributed by atoms with Gasteiger partial charge in [0.15, 0.2) is 0 Å². The van der Waals surface area contributed by atoms with Crippen LogP contribution in [0.25, 0.3) is 0 Å². The summed E-state index contributed by atoms with van der Waals surface area (Å²) in [7, 11) is 0. The minimum absolute atomic E-state index is 0.176. The molecule has 82 valence electrons. The lowest BCUT2D eigenvalue weighted by Gasteiger charge is -2.33. The molecular formula is C10H20N2O2. The van der Waals surface area contributed by atoms with Crippen molar-refractivity contribution in [3.8, 4) is 0 Å². The first kappa shape index (κ1) is 11.6. The van der Waals surface area contributed by atoms with Crippen LogP contribution in [0.15, 0.2) is 5.18 Å². The Morgan fingerprint density at radius 2 is 1.93 bits per heavy atom. The predicted molar refractivity (Wildman–Crippen MR) is 56.2 cm³/mol. The first-order chi connectivity index (χ1) is 6.88. The Balaban J connectivity index is 2.33. The second kappa shape index (κ2) is 6.90. The summed E-state index contributed by atoms with van der Waals surface area (Å²) in [5.74, 6) is 0. The van der Waals surface area contributed by atoms with E-state index in [9.17, 15) is 4.91 Å². The number of nitrogens with zero attached hydrogens (tertiary/aromatic N) is 2. The van der Waals surface area contributed by atoms with Gasteiger partial charge < -0.3 is 5.11 Å². The van der Waals surface area contributed by atoms with Crippen molar-refractivity contribution in [2.24, 2.45) is 5.18 Å². The molecule has 1 rings (SSSR count). The summed E-state index contributed by atoms with van der Waals surface area (Å²) in [6.45, 7) is 1.90. The first-order valence-electron chi connectivity index (χ1n) is 5.52. The van der Waals surface area contributed by atoms with Crippen LogP contribution in [0.4, 0.5) is 0 Å². The molecule has 4 heteroatoms. The van der Waals surface area contributed by atoms with Crippen molar-refractivity contribution in [1.29, 1.82) is 0 Å². The van der Waals surface area contributed by atoms with Crippen molar-refractivity contribution in [1.82, 2.24) is 4.90 Å². The fourth-order valence-corrected chi connectivity index (χ4v) is 2.22. The molecule has 0 atom stereocenters. The lowest BCUT2D eigenvalue weighted by molar-refractivity contribution is 0.127. The summed E-state index contributed by atoms with van der Waals surface area (Å²) in [5.41, 5.74) is 0. The molecule has 0 aromatic carbocycles. The molecule has 0 saturated heterocycles. The molecule has 0 aromatic heterocycles. The lowest BCUT2D eigenvalue weighted by Crippen LogP contribution is -2.40. The second-order valence-electron chi connectivity index (χ2n) is 3.90. The monoisotopic (exact) mass is 200 g/mol. The molecule has 1 N–H and O–H groups in total. The maximum absolute atomic E-state index is 10.1. The Morgan fingerprint density at radius 1 is 1.21 bits per heavy atom. The summed E-state index contributed by atoms with van der Waals surface area (Å²) in [6.07, 6.45) is 6.30. The van der Waals surface area contributed by atoms with Gasteiger partial charge in [-0.1, -0.05) is 24.4 Å². The van der Waals surface area contributed by atoms with Crippen LogP contribution in [0.2, 0.25) is 0 Å². The van der Waals surface area contributed by atoms with E-state index in [1.165, 1.54) is 32.1 Å². The van der Waals surface area contributed by atoms with Gasteiger partial charge >= 0.3 is 0 Å². The van der Waals surface area contributed by atoms with E-state index in [1.807, 2.05) is 0 Å². The molecular weight excluding hydrogens is 180 g/mol. The highest BCUT2D eigenvalue weighted by atomic mass is 16.3. The fraction of sp³-hybridized carbons (Fsp3) is 1.00. The van der Waals surface area contributed by atoms with Crippen molar-refractivity contribution < 1.29 is 5.11 Å². The maximum Gasteiger partial charge on any atom is 0.0938 e. The smallest absolute Gasteiger partial charge is 0.0938 e. The number of nitroso groups, excluding NO2 is 1. The lowest BCUT2D eigenvalue weighted by atomic mass is 9.94. The molecule has 1 aliphatic carbocycles. The normalized spacial score (nSPS) is 18.7. The largest absolute Gasteiger partial charge is 0.395 e. The van der Waals surface area contributed by atoms with E-state index in [2.05, 4.69) is 10.1 Å². The third-order valence-corrected chi connectivity index (χ3v) is 2.96. The van der Waals surface area contributed by atoms with E-state index in [0.29, 0.717) is 25.7 Å². The zero-order chi connectivity index (χ0) is 10.2. The minimum atomic E-state index is 0.176. The average Bonchev–Trinajstić information content (AvgIpc) is 2.25. The molecule has 0 spiro atoms. The van der Waals surface area contributed by atoms with Crippen molar-refractivity contribution in [2.45, 2.75) is 38.1 Å². The Kier molecular flexibility index (Phi) is 5.71. The van der Waals surface area contributed by atoms with Crippen molar-refractivity contribution in [2.75, 3.05) is 26.2 Å². The van der Waals surface area contributed by atoms with Gasteiger partial charge in [0.1, 0.15) is 0 Å². The summed E-state index contributed by atoms with van der Waals surface area (Å²) in [4.78, 5) is 12.3. The highest BCUT2D eigenvalue weighted by Crippen LogP contribution is 2.22. The maximum atomic E-state index is 10.1. The molecule has 1 aliphatic rings. The number of hydrogen-bond donors (Lipinski definition) is 1. The van der Waals surface area contributed by atoms with Gasteiger partial charge in [-0.15, -0.1) is 0 Å². The molecule has 0 aliphatic heterocycles.